The standard InChI is InChI=1S/C21H32F3N3/c1-25-11-5-9-20(16-25,27(3)15-18-13-26(2)14-18)10-8-17-6-4-7-19(12-17)21(22,23)24/h4,6-7,12,18H,5,8-11,13-16H2,1-3H3/t20-/m1/s1. The van der Waals surface area contributed by atoms with E-state index in [4.69, 9.17) is 0 Å². The first kappa shape index (κ1) is 20.6. The van der Waals surface area contributed by atoms with E-state index < -0.39 is 11.7 Å². The zero-order valence-electron chi connectivity index (χ0n) is 16.7. The maximum Gasteiger partial charge on any atom is 0.416 e. The van der Waals surface area contributed by atoms with Crippen LogP contribution in [0.1, 0.15) is 30.4 Å². The van der Waals surface area contributed by atoms with Crippen LogP contribution in [-0.4, -0.2) is 74.1 Å². The van der Waals surface area contributed by atoms with Crippen LogP contribution in [0.2, 0.25) is 0 Å². The van der Waals surface area contributed by atoms with Gasteiger partial charge < -0.3 is 9.80 Å². The lowest BCUT2D eigenvalue weighted by Crippen LogP contribution is -2.60. The molecule has 2 aliphatic rings. The minimum absolute atomic E-state index is 0.0510. The molecule has 0 unspecified atom stereocenters. The molecule has 152 valence electrons. The van der Waals surface area contributed by atoms with E-state index in [0.717, 1.165) is 63.6 Å². The summed E-state index contributed by atoms with van der Waals surface area (Å²) < 4.78 is 39.1. The lowest BCUT2D eigenvalue weighted by Gasteiger charge is -2.50. The van der Waals surface area contributed by atoms with E-state index in [2.05, 4.69) is 35.8 Å². The molecule has 0 aliphatic carbocycles. The van der Waals surface area contributed by atoms with Crippen molar-refractivity contribution in [3.63, 3.8) is 0 Å². The van der Waals surface area contributed by atoms with Gasteiger partial charge in [0.1, 0.15) is 0 Å². The van der Waals surface area contributed by atoms with Gasteiger partial charge in [-0.3, -0.25) is 4.90 Å². The molecule has 3 rings (SSSR count). The second-order valence-corrected chi connectivity index (χ2v) is 8.73. The Hall–Kier alpha value is -1.11. The van der Waals surface area contributed by atoms with E-state index in [9.17, 15) is 13.2 Å². The Morgan fingerprint density at radius 3 is 2.56 bits per heavy atom. The van der Waals surface area contributed by atoms with Gasteiger partial charge in [-0.05, 0) is 70.9 Å². The van der Waals surface area contributed by atoms with E-state index in [1.807, 2.05) is 6.07 Å². The van der Waals surface area contributed by atoms with Crippen LogP contribution in [0, 0.1) is 5.92 Å². The molecule has 3 nitrogen and oxygen atoms in total. The Bertz CT molecular complexity index is 627. The molecule has 2 aliphatic heterocycles. The molecule has 2 saturated heterocycles. The highest BCUT2D eigenvalue weighted by Crippen LogP contribution is 2.34. The molecule has 6 heteroatoms. The second-order valence-electron chi connectivity index (χ2n) is 8.73. The van der Waals surface area contributed by atoms with E-state index in [-0.39, 0.29) is 5.54 Å². The van der Waals surface area contributed by atoms with Crippen LogP contribution in [0.3, 0.4) is 0 Å². The predicted molar refractivity (Wildman–Crippen MR) is 103 cm³/mol. The summed E-state index contributed by atoms with van der Waals surface area (Å²) in [6, 6.07) is 5.84. The summed E-state index contributed by atoms with van der Waals surface area (Å²) in [5, 5.41) is 0. The molecule has 1 atom stereocenters. The smallest absolute Gasteiger partial charge is 0.306 e. The van der Waals surface area contributed by atoms with Gasteiger partial charge in [-0.15, -0.1) is 0 Å². The van der Waals surface area contributed by atoms with Gasteiger partial charge in [-0.25, -0.2) is 0 Å². The zero-order chi connectivity index (χ0) is 19.7. The van der Waals surface area contributed by atoms with Crippen LogP contribution in [0.4, 0.5) is 13.2 Å². The van der Waals surface area contributed by atoms with Gasteiger partial charge in [-0.2, -0.15) is 13.2 Å². The summed E-state index contributed by atoms with van der Waals surface area (Å²) in [6.45, 7) is 5.45. The topological polar surface area (TPSA) is 9.72 Å². The van der Waals surface area contributed by atoms with Gasteiger partial charge in [-0.1, -0.05) is 18.2 Å². The highest BCUT2D eigenvalue weighted by Gasteiger charge is 2.39. The van der Waals surface area contributed by atoms with Crippen LogP contribution < -0.4 is 0 Å². The second kappa shape index (κ2) is 8.10. The van der Waals surface area contributed by atoms with E-state index >= 15 is 0 Å². The van der Waals surface area contributed by atoms with Gasteiger partial charge in [0.2, 0.25) is 0 Å². The monoisotopic (exact) mass is 383 g/mol. The van der Waals surface area contributed by atoms with Gasteiger partial charge in [0.15, 0.2) is 0 Å². The first-order chi connectivity index (χ1) is 12.7. The largest absolute Gasteiger partial charge is 0.416 e. The Kier molecular flexibility index (Phi) is 6.18. The summed E-state index contributed by atoms with van der Waals surface area (Å²) in [5.74, 6) is 0.706. The summed E-state index contributed by atoms with van der Waals surface area (Å²) in [5.41, 5.74) is 0.296. The average Bonchev–Trinajstić information content (AvgIpc) is 2.58. The molecule has 0 amide bonds. The molecule has 2 heterocycles. The molecular weight excluding hydrogens is 351 g/mol. The minimum atomic E-state index is -4.27. The van der Waals surface area contributed by atoms with Crippen LogP contribution in [-0.2, 0) is 12.6 Å². The van der Waals surface area contributed by atoms with Crippen molar-refractivity contribution in [2.75, 3.05) is 53.9 Å². The number of alkyl halides is 3. The number of piperidine rings is 1. The van der Waals surface area contributed by atoms with Gasteiger partial charge in [0.05, 0.1) is 5.56 Å². The predicted octanol–water partition coefficient (Wildman–Crippen LogP) is 3.60. The fourth-order valence-electron chi connectivity index (χ4n) is 4.85. The molecule has 1 aromatic rings. The van der Waals surface area contributed by atoms with Crippen LogP contribution >= 0.6 is 0 Å². The minimum Gasteiger partial charge on any atom is -0.306 e. The van der Waals surface area contributed by atoms with Crippen molar-refractivity contribution < 1.29 is 13.2 Å². The Morgan fingerprint density at radius 2 is 1.93 bits per heavy atom. The van der Waals surface area contributed by atoms with Crippen LogP contribution in [0.15, 0.2) is 24.3 Å². The molecule has 1 aromatic carbocycles. The summed E-state index contributed by atoms with van der Waals surface area (Å²) in [4.78, 5) is 7.22. The number of rotatable bonds is 6. The van der Waals surface area contributed by atoms with Crippen molar-refractivity contribution in [3.8, 4) is 0 Å². The number of likely N-dealkylation sites (N-methyl/N-ethyl adjacent to an activating group) is 2. The molecule has 0 saturated carbocycles. The maximum absolute atomic E-state index is 13.0. The van der Waals surface area contributed by atoms with Crippen molar-refractivity contribution in [2.24, 2.45) is 5.92 Å². The maximum atomic E-state index is 13.0. The van der Waals surface area contributed by atoms with Gasteiger partial charge in [0.25, 0.3) is 0 Å². The number of hydrogen-bond donors (Lipinski definition) is 0. The first-order valence-corrected chi connectivity index (χ1v) is 9.92. The molecule has 0 bridgehead atoms. The SMILES string of the molecule is CN1CC(CN(C)[C@@]2(CCc3cccc(C(F)(F)F)c3)CCCN(C)C2)C1. The van der Waals surface area contributed by atoms with Crippen molar-refractivity contribution >= 4 is 0 Å². The van der Waals surface area contributed by atoms with Gasteiger partial charge in [0, 0.05) is 31.7 Å². The Labute approximate surface area is 161 Å². The molecule has 2 fully saturated rings. The third-order valence-electron chi connectivity index (χ3n) is 6.36. The number of benzene rings is 1. The van der Waals surface area contributed by atoms with E-state index in [0.29, 0.717) is 12.3 Å². The van der Waals surface area contributed by atoms with Crippen molar-refractivity contribution in [1.29, 1.82) is 0 Å². The fourth-order valence-corrected chi connectivity index (χ4v) is 4.85. The van der Waals surface area contributed by atoms with Crippen molar-refractivity contribution in [3.05, 3.63) is 35.4 Å². The highest BCUT2D eigenvalue weighted by atomic mass is 19.4. The highest BCUT2D eigenvalue weighted by molar-refractivity contribution is 5.26. The average molecular weight is 384 g/mol. The number of nitrogens with zero attached hydrogens (tertiary/aromatic N) is 3. The van der Waals surface area contributed by atoms with Gasteiger partial charge >= 0.3 is 6.18 Å². The van der Waals surface area contributed by atoms with E-state index in [1.165, 1.54) is 12.1 Å². The first-order valence-electron chi connectivity index (χ1n) is 9.92. The third-order valence-corrected chi connectivity index (χ3v) is 6.36. The quantitative estimate of drug-likeness (QED) is 0.743. The fraction of sp³-hybridized carbons (Fsp3) is 0.714. The molecular formula is C21H32F3N3. The normalized spacial score (nSPS) is 25.7. The lowest BCUT2D eigenvalue weighted by molar-refractivity contribution is -0.137. The summed E-state index contributed by atoms with van der Waals surface area (Å²) >= 11 is 0. The number of halogens is 3. The summed E-state index contributed by atoms with van der Waals surface area (Å²) in [7, 11) is 6.51. The third kappa shape index (κ3) is 5.04. The lowest BCUT2D eigenvalue weighted by atomic mass is 9.81. The zero-order valence-corrected chi connectivity index (χ0v) is 16.7. The number of hydrogen-bond acceptors (Lipinski definition) is 3. The Balaban J connectivity index is 1.70. The molecule has 0 spiro atoms. The van der Waals surface area contributed by atoms with Crippen LogP contribution in [0.25, 0.3) is 0 Å². The summed E-state index contributed by atoms with van der Waals surface area (Å²) in [6.07, 6.45) is -0.417. The molecule has 0 radical (unpaired) electrons. The van der Waals surface area contributed by atoms with E-state index in [1.54, 1.807) is 0 Å². The number of aryl methyl sites for hydroxylation is 1. The molecule has 0 N–H and O–H groups in total. The Morgan fingerprint density at radius 1 is 1.19 bits per heavy atom. The van der Waals surface area contributed by atoms with Crippen LogP contribution in [0.5, 0.6) is 0 Å². The van der Waals surface area contributed by atoms with Crippen molar-refractivity contribution in [2.45, 2.75) is 37.4 Å². The van der Waals surface area contributed by atoms with Crippen molar-refractivity contribution in [1.82, 2.24) is 14.7 Å². The number of likely N-dealkylation sites (tertiary alicyclic amines) is 2. The molecule has 0 aromatic heterocycles. The molecule has 27 heavy (non-hydrogen) atoms.